The molecular formula is C12H15N3O2S. The molecule has 0 radical (unpaired) electrons. The Morgan fingerprint density at radius 1 is 1.22 bits per heavy atom. The molecule has 18 heavy (non-hydrogen) atoms. The van der Waals surface area contributed by atoms with Gasteiger partial charge >= 0.3 is 0 Å². The zero-order chi connectivity index (χ0) is 13.1. The molecule has 96 valence electrons. The van der Waals surface area contributed by atoms with Gasteiger partial charge in [-0.25, -0.2) is 4.98 Å². The Kier molecular flexibility index (Phi) is 3.66. The van der Waals surface area contributed by atoms with Gasteiger partial charge in [0, 0.05) is 42.2 Å². The van der Waals surface area contributed by atoms with E-state index in [2.05, 4.69) is 4.98 Å². The average molecular weight is 265 g/mol. The molecule has 0 aliphatic heterocycles. The normalized spacial score (nSPS) is 10.4. The summed E-state index contributed by atoms with van der Waals surface area (Å²) in [5.74, 6) is 1.28. The van der Waals surface area contributed by atoms with Gasteiger partial charge in [0.1, 0.15) is 0 Å². The number of methoxy groups -OCH3 is 2. The summed E-state index contributed by atoms with van der Waals surface area (Å²) in [6.07, 6.45) is 3.64. The number of nitrogens with zero attached hydrogens (tertiary/aromatic N) is 2. The molecule has 0 unspecified atom stereocenters. The van der Waals surface area contributed by atoms with Crippen molar-refractivity contribution in [3.8, 4) is 11.5 Å². The highest BCUT2D eigenvalue weighted by Crippen LogP contribution is 2.39. The van der Waals surface area contributed by atoms with Crippen LogP contribution in [0, 0.1) is 0 Å². The highest BCUT2D eigenvalue weighted by molar-refractivity contribution is 7.99. The molecule has 0 saturated carbocycles. The number of nitrogens with two attached hydrogens (primary N) is 1. The summed E-state index contributed by atoms with van der Waals surface area (Å²) in [5, 5.41) is 0.869. The lowest BCUT2D eigenvalue weighted by Crippen LogP contribution is -1.96. The first-order valence-corrected chi connectivity index (χ1v) is 6.14. The first-order chi connectivity index (χ1) is 8.65. The van der Waals surface area contributed by atoms with Crippen LogP contribution in [0.1, 0.15) is 0 Å². The molecule has 1 aromatic heterocycles. The van der Waals surface area contributed by atoms with Crippen molar-refractivity contribution < 1.29 is 9.47 Å². The maximum absolute atomic E-state index is 5.99. The third kappa shape index (κ3) is 2.38. The Hall–Kier alpha value is -1.82. The fraction of sp³-hybridized carbons (Fsp3) is 0.250. The first kappa shape index (κ1) is 12.6. The van der Waals surface area contributed by atoms with Gasteiger partial charge < -0.3 is 19.8 Å². The second-order valence-corrected chi connectivity index (χ2v) is 4.68. The van der Waals surface area contributed by atoms with E-state index < -0.39 is 0 Å². The number of benzene rings is 1. The van der Waals surface area contributed by atoms with Crippen LogP contribution in [-0.4, -0.2) is 23.8 Å². The molecule has 1 aromatic carbocycles. The molecule has 5 nitrogen and oxygen atoms in total. The highest BCUT2D eigenvalue weighted by atomic mass is 32.2. The number of aromatic nitrogens is 2. The van der Waals surface area contributed by atoms with Crippen molar-refractivity contribution in [2.75, 3.05) is 20.0 Å². The van der Waals surface area contributed by atoms with E-state index in [0.717, 1.165) is 10.1 Å². The van der Waals surface area contributed by atoms with E-state index >= 15 is 0 Å². The largest absolute Gasteiger partial charge is 0.493 e. The van der Waals surface area contributed by atoms with Crippen LogP contribution < -0.4 is 15.2 Å². The lowest BCUT2D eigenvalue weighted by molar-refractivity contribution is 0.354. The van der Waals surface area contributed by atoms with E-state index in [1.165, 1.54) is 11.8 Å². The quantitative estimate of drug-likeness (QED) is 0.858. The van der Waals surface area contributed by atoms with E-state index in [-0.39, 0.29) is 0 Å². The number of hydrogen-bond donors (Lipinski definition) is 1. The zero-order valence-corrected chi connectivity index (χ0v) is 11.3. The topological polar surface area (TPSA) is 62.3 Å². The minimum atomic E-state index is 0.624. The van der Waals surface area contributed by atoms with Crippen LogP contribution in [0.25, 0.3) is 0 Å². The average Bonchev–Trinajstić information content (AvgIpc) is 2.77. The smallest absolute Gasteiger partial charge is 0.172 e. The number of ether oxygens (including phenoxy) is 2. The molecule has 2 N–H and O–H groups in total. The summed E-state index contributed by atoms with van der Waals surface area (Å²) in [7, 11) is 5.12. The summed E-state index contributed by atoms with van der Waals surface area (Å²) < 4.78 is 12.4. The fourth-order valence-electron chi connectivity index (χ4n) is 1.51. The van der Waals surface area contributed by atoms with Crippen molar-refractivity contribution in [1.82, 2.24) is 9.55 Å². The van der Waals surface area contributed by atoms with E-state index in [9.17, 15) is 0 Å². The van der Waals surface area contributed by atoms with Crippen LogP contribution in [0.4, 0.5) is 5.69 Å². The minimum Gasteiger partial charge on any atom is -0.493 e. The van der Waals surface area contributed by atoms with Crippen molar-refractivity contribution in [2.24, 2.45) is 7.05 Å². The predicted octanol–water partition coefficient (Wildman–Crippen LogP) is 2.17. The SMILES string of the molecule is COc1cc(N)c(Sc2nccn2C)cc1OC. The molecule has 6 heteroatoms. The summed E-state index contributed by atoms with van der Waals surface area (Å²) in [6.45, 7) is 0. The standard InChI is InChI=1S/C12H15N3O2S/c1-15-5-4-14-12(15)18-11-7-10(17-3)9(16-2)6-8(11)13/h4-7H,13H2,1-3H3. The van der Waals surface area contributed by atoms with Crippen molar-refractivity contribution in [3.63, 3.8) is 0 Å². The van der Waals surface area contributed by atoms with E-state index in [1.807, 2.05) is 23.9 Å². The maximum atomic E-state index is 5.99. The third-order valence-corrected chi connectivity index (χ3v) is 3.64. The Balaban J connectivity index is 2.36. The molecule has 0 saturated heterocycles. The van der Waals surface area contributed by atoms with Crippen molar-refractivity contribution >= 4 is 17.4 Å². The van der Waals surface area contributed by atoms with Gasteiger partial charge in [-0.05, 0) is 11.8 Å². The Morgan fingerprint density at radius 3 is 2.44 bits per heavy atom. The van der Waals surface area contributed by atoms with Gasteiger partial charge in [-0.15, -0.1) is 0 Å². The maximum Gasteiger partial charge on any atom is 0.172 e. The first-order valence-electron chi connectivity index (χ1n) is 5.32. The predicted molar refractivity (Wildman–Crippen MR) is 71.3 cm³/mol. The van der Waals surface area contributed by atoms with Crippen molar-refractivity contribution in [2.45, 2.75) is 10.1 Å². The van der Waals surface area contributed by atoms with Crippen LogP contribution >= 0.6 is 11.8 Å². The Labute approximate surface area is 110 Å². The monoisotopic (exact) mass is 265 g/mol. The zero-order valence-electron chi connectivity index (χ0n) is 10.5. The molecule has 2 rings (SSSR count). The molecule has 0 aliphatic rings. The fourth-order valence-corrected chi connectivity index (χ4v) is 2.37. The Bertz CT molecular complexity index is 554. The number of anilines is 1. The molecule has 0 fully saturated rings. The van der Waals surface area contributed by atoms with Crippen LogP contribution in [0.5, 0.6) is 11.5 Å². The summed E-state index contributed by atoms with van der Waals surface area (Å²) in [6, 6.07) is 3.61. The van der Waals surface area contributed by atoms with E-state index in [4.69, 9.17) is 15.2 Å². The van der Waals surface area contributed by atoms with Gasteiger partial charge in [0.05, 0.1) is 14.2 Å². The van der Waals surface area contributed by atoms with Gasteiger partial charge in [-0.1, -0.05) is 0 Å². The summed E-state index contributed by atoms with van der Waals surface area (Å²) >= 11 is 1.49. The second-order valence-electron chi connectivity index (χ2n) is 3.67. The van der Waals surface area contributed by atoms with Gasteiger partial charge in [0.25, 0.3) is 0 Å². The van der Waals surface area contributed by atoms with Gasteiger partial charge in [-0.2, -0.15) is 0 Å². The lowest BCUT2D eigenvalue weighted by Gasteiger charge is -2.11. The molecule has 0 amide bonds. The molecule has 0 aliphatic carbocycles. The molecule has 1 heterocycles. The second kappa shape index (κ2) is 5.22. The summed E-state index contributed by atoms with van der Waals surface area (Å²) in [4.78, 5) is 5.14. The summed E-state index contributed by atoms with van der Waals surface area (Å²) in [5.41, 5.74) is 6.63. The molecule has 2 aromatic rings. The van der Waals surface area contributed by atoms with Crippen LogP contribution in [0.2, 0.25) is 0 Å². The molecule has 0 atom stereocenters. The number of nitrogen functional groups attached to an aromatic ring is 1. The molecule has 0 bridgehead atoms. The number of aryl methyl sites for hydroxylation is 1. The van der Waals surface area contributed by atoms with E-state index in [0.29, 0.717) is 17.2 Å². The third-order valence-electron chi connectivity index (χ3n) is 2.49. The number of hydrogen-bond acceptors (Lipinski definition) is 5. The van der Waals surface area contributed by atoms with Crippen LogP contribution in [0.3, 0.4) is 0 Å². The van der Waals surface area contributed by atoms with Crippen LogP contribution in [-0.2, 0) is 7.05 Å². The number of imidazole rings is 1. The van der Waals surface area contributed by atoms with Crippen molar-refractivity contribution in [1.29, 1.82) is 0 Å². The molecular weight excluding hydrogens is 250 g/mol. The van der Waals surface area contributed by atoms with Crippen molar-refractivity contribution in [3.05, 3.63) is 24.5 Å². The van der Waals surface area contributed by atoms with Crippen LogP contribution in [0.15, 0.2) is 34.6 Å². The lowest BCUT2D eigenvalue weighted by atomic mass is 10.3. The van der Waals surface area contributed by atoms with Gasteiger partial charge in [0.2, 0.25) is 0 Å². The van der Waals surface area contributed by atoms with Gasteiger partial charge in [0.15, 0.2) is 16.7 Å². The highest BCUT2D eigenvalue weighted by Gasteiger charge is 2.12. The van der Waals surface area contributed by atoms with E-state index in [1.54, 1.807) is 26.5 Å². The molecule has 0 spiro atoms. The minimum absolute atomic E-state index is 0.624. The number of rotatable bonds is 4. The van der Waals surface area contributed by atoms with Gasteiger partial charge in [-0.3, -0.25) is 0 Å². The Morgan fingerprint density at radius 2 is 1.89 bits per heavy atom.